The van der Waals surface area contributed by atoms with Crippen LogP contribution < -0.4 is 5.32 Å². The number of rotatable bonds is 3. The highest BCUT2D eigenvalue weighted by Gasteiger charge is 2.30. The van der Waals surface area contributed by atoms with Gasteiger partial charge in [0.1, 0.15) is 17.7 Å². The van der Waals surface area contributed by atoms with E-state index >= 15 is 0 Å². The number of hydrogen-bond donors (Lipinski definition) is 1. The van der Waals surface area contributed by atoms with E-state index in [1.54, 1.807) is 11.0 Å². The number of hydrogen-bond acceptors (Lipinski definition) is 5. The van der Waals surface area contributed by atoms with Crippen LogP contribution in [-0.4, -0.2) is 39.7 Å². The highest BCUT2D eigenvalue weighted by Crippen LogP contribution is 2.33. The first-order valence-electron chi connectivity index (χ1n) is 10.6. The van der Waals surface area contributed by atoms with E-state index in [4.69, 9.17) is 22.8 Å². The molecule has 0 radical (unpaired) electrons. The van der Waals surface area contributed by atoms with Crippen molar-refractivity contribution in [2.45, 2.75) is 38.7 Å². The second-order valence-corrected chi connectivity index (χ2v) is 9.37. The molecule has 1 aliphatic rings. The van der Waals surface area contributed by atoms with E-state index in [2.05, 4.69) is 21.2 Å². The van der Waals surface area contributed by atoms with Gasteiger partial charge < -0.3 is 15.0 Å². The summed E-state index contributed by atoms with van der Waals surface area (Å²) < 4.78 is 20.3. The average Bonchev–Trinajstić information content (AvgIpc) is 3.25. The second-order valence-electron chi connectivity index (χ2n) is 8.96. The Balaban J connectivity index is 1.61. The summed E-state index contributed by atoms with van der Waals surface area (Å²) in [4.78, 5) is 22.8. The highest BCUT2D eigenvalue weighted by atomic mass is 35.5. The van der Waals surface area contributed by atoms with Crippen molar-refractivity contribution in [3.63, 3.8) is 0 Å². The maximum absolute atomic E-state index is 14.8. The Labute approximate surface area is 197 Å². The molecule has 0 aliphatic carbocycles. The van der Waals surface area contributed by atoms with E-state index in [1.165, 1.54) is 12.4 Å². The van der Waals surface area contributed by atoms with Crippen molar-refractivity contribution in [1.82, 2.24) is 14.9 Å². The fraction of sp³-hybridized carbons (Fsp3) is 0.320. The number of fused-ring (bicyclic) bond motifs is 1. The Kier molecular flexibility index (Phi) is 6.13. The third-order valence-electron chi connectivity index (χ3n) is 5.46. The molecule has 33 heavy (non-hydrogen) atoms. The van der Waals surface area contributed by atoms with Crippen molar-refractivity contribution >= 4 is 40.1 Å². The third kappa shape index (κ3) is 4.86. The Morgan fingerprint density at radius 1 is 1.30 bits per heavy atom. The first-order chi connectivity index (χ1) is 15.7. The van der Waals surface area contributed by atoms with Gasteiger partial charge in [-0.1, -0.05) is 23.6 Å². The number of carbonyl (C=O) groups excluding carboxylic acids is 1. The molecule has 1 saturated heterocycles. The molecule has 3 aromatic rings. The number of nitrogens with zero attached hydrogens (tertiary/aromatic N) is 3. The van der Waals surface area contributed by atoms with Gasteiger partial charge in [-0.25, -0.2) is 19.2 Å². The standard InChI is InChI=1S/C25H24ClFN4O2/c1-5-17-19(26)7-9-21(22(17)27)30-23-18-12-15(6-8-20(18)28-14-29-23)16-10-11-31(13-16)24(32)33-25(2,3)4/h1,6-9,12,14,16H,10-11,13H2,2-4H3,(H,28,29,30)/t16-/m0/s1. The maximum atomic E-state index is 14.8. The fourth-order valence-electron chi connectivity index (χ4n) is 3.86. The minimum Gasteiger partial charge on any atom is -0.444 e. The second kappa shape index (κ2) is 8.87. The van der Waals surface area contributed by atoms with Gasteiger partial charge in [-0.2, -0.15) is 0 Å². The molecule has 1 aliphatic heterocycles. The van der Waals surface area contributed by atoms with Crippen molar-refractivity contribution in [3.8, 4) is 12.3 Å². The molecule has 8 heteroatoms. The molecule has 1 atom stereocenters. The van der Waals surface area contributed by atoms with Crippen molar-refractivity contribution in [2.24, 2.45) is 0 Å². The van der Waals surface area contributed by atoms with Gasteiger partial charge in [0.2, 0.25) is 0 Å². The lowest BCUT2D eigenvalue weighted by Crippen LogP contribution is -2.35. The summed E-state index contributed by atoms with van der Waals surface area (Å²) in [7, 11) is 0. The number of anilines is 2. The molecule has 0 bridgehead atoms. The lowest BCUT2D eigenvalue weighted by Gasteiger charge is -2.24. The zero-order chi connectivity index (χ0) is 23.8. The van der Waals surface area contributed by atoms with Crippen LogP contribution >= 0.6 is 11.6 Å². The molecule has 0 saturated carbocycles. The van der Waals surface area contributed by atoms with Crippen LogP contribution in [-0.2, 0) is 4.74 Å². The van der Waals surface area contributed by atoms with E-state index in [0.29, 0.717) is 24.4 Å². The topological polar surface area (TPSA) is 67.4 Å². The van der Waals surface area contributed by atoms with Crippen LogP contribution in [0, 0.1) is 18.2 Å². The zero-order valence-corrected chi connectivity index (χ0v) is 19.4. The van der Waals surface area contributed by atoms with Crippen molar-refractivity contribution in [1.29, 1.82) is 0 Å². The van der Waals surface area contributed by atoms with Crippen LogP contribution in [0.2, 0.25) is 5.02 Å². The van der Waals surface area contributed by atoms with Gasteiger partial charge in [-0.15, -0.1) is 6.42 Å². The van der Waals surface area contributed by atoms with Gasteiger partial charge in [0, 0.05) is 24.4 Å². The quantitative estimate of drug-likeness (QED) is 0.489. The molecular weight excluding hydrogens is 443 g/mol. The Bertz CT molecular complexity index is 1270. The first kappa shape index (κ1) is 22.8. The predicted molar refractivity (Wildman–Crippen MR) is 127 cm³/mol. The lowest BCUT2D eigenvalue weighted by molar-refractivity contribution is 0.0292. The molecule has 1 amide bonds. The fourth-order valence-corrected chi connectivity index (χ4v) is 4.06. The lowest BCUT2D eigenvalue weighted by atomic mass is 9.97. The highest BCUT2D eigenvalue weighted by molar-refractivity contribution is 6.31. The Hall–Kier alpha value is -3.37. The van der Waals surface area contributed by atoms with Crippen LogP contribution in [0.15, 0.2) is 36.7 Å². The van der Waals surface area contributed by atoms with Gasteiger partial charge in [-0.05, 0) is 57.0 Å². The number of ether oxygens (including phenoxy) is 1. The Morgan fingerprint density at radius 2 is 2.09 bits per heavy atom. The van der Waals surface area contributed by atoms with E-state index in [1.807, 2.05) is 39.0 Å². The third-order valence-corrected chi connectivity index (χ3v) is 5.77. The van der Waals surface area contributed by atoms with Gasteiger partial charge in [0.15, 0.2) is 5.82 Å². The van der Waals surface area contributed by atoms with Crippen molar-refractivity contribution < 1.29 is 13.9 Å². The average molecular weight is 467 g/mol. The van der Waals surface area contributed by atoms with E-state index < -0.39 is 11.4 Å². The smallest absolute Gasteiger partial charge is 0.410 e. The largest absolute Gasteiger partial charge is 0.444 e. The van der Waals surface area contributed by atoms with Crippen LogP contribution in [0.25, 0.3) is 10.9 Å². The Morgan fingerprint density at radius 3 is 2.82 bits per heavy atom. The molecule has 1 aromatic heterocycles. The van der Waals surface area contributed by atoms with Gasteiger partial charge in [0.25, 0.3) is 0 Å². The van der Waals surface area contributed by atoms with E-state index in [0.717, 1.165) is 17.4 Å². The summed E-state index contributed by atoms with van der Waals surface area (Å²) >= 11 is 5.99. The summed E-state index contributed by atoms with van der Waals surface area (Å²) in [5, 5.41) is 3.93. The number of amides is 1. The molecule has 170 valence electrons. The number of carbonyl (C=O) groups is 1. The van der Waals surface area contributed by atoms with Gasteiger partial charge in [-0.3, -0.25) is 0 Å². The molecule has 6 nitrogen and oxygen atoms in total. The van der Waals surface area contributed by atoms with Crippen molar-refractivity contribution in [2.75, 3.05) is 18.4 Å². The summed E-state index contributed by atoms with van der Waals surface area (Å²) in [5.74, 6) is 2.26. The molecule has 0 unspecified atom stereocenters. The molecule has 1 fully saturated rings. The monoisotopic (exact) mass is 466 g/mol. The number of benzene rings is 2. The summed E-state index contributed by atoms with van der Waals surface area (Å²) in [6.07, 6.45) is 7.32. The molecule has 1 N–H and O–H groups in total. The van der Waals surface area contributed by atoms with Gasteiger partial charge in [0.05, 0.1) is 21.8 Å². The van der Waals surface area contributed by atoms with Gasteiger partial charge >= 0.3 is 6.09 Å². The van der Waals surface area contributed by atoms with Crippen LogP contribution in [0.3, 0.4) is 0 Å². The van der Waals surface area contributed by atoms with E-state index in [9.17, 15) is 9.18 Å². The number of terminal acetylenes is 1. The summed E-state index contributed by atoms with van der Waals surface area (Å²) in [6, 6.07) is 8.95. The summed E-state index contributed by atoms with van der Waals surface area (Å²) in [5.41, 5.74) is 1.40. The molecule has 2 aromatic carbocycles. The number of nitrogens with one attached hydrogen (secondary N) is 1. The van der Waals surface area contributed by atoms with Crippen LogP contribution in [0.5, 0.6) is 0 Å². The minimum absolute atomic E-state index is 0.00564. The number of likely N-dealkylation sites (tertiary alicyclic amines) is 1. The first-order valence-corrected chi connectivity index (χ1v) is 11.0. The number of aromatic nitrogens is 2. The normalized spacial score (nSPS) is 16.0. The molecule has 4 rings (SSSR count). The van der Waals surface area contributed by atoms with E-state index in [-0.39, 0.29) is 28.3 Å². The van der Waals surface area contributed by atoms with Crippen LogP contribution in [0.4, 0.5) is 20.7 Å². The summed E-state index contributed by atoms with van der Waals surface area (Å²) in [6.45, 7) is 6.75. The molecule has 0 spiro atoms. The maximum Gasteiger partial charge on any atom is 0.410 e. The molecule has 2 heterocycles. The van der Waals surface area contributed by atoms with Crippen LogP contribution in [0.1, 0.15) is 44.2 Å². The predicted octanol–water partition coefficient (Wildman–Crippen LogP) is 5.87. The zero-order valence-electron chi connectivity index (χ0n) is 18.7. The number of halogens is 2. The van der Waals surface area contributed by atoms with Crippen molar-refractivity contribution in [3.05, 3.63) is 58.6 Å². The molecular formula is C25H24ClFN4O2. The SMILES string of the molecule is C#Cc1c(Cl)ccc(Nc2ncnc3ccc([C@H]4CCN(C(=O)OC(C)(C)C)C4)cc23)c1F. The minimum atomic E-state index is -0.614.